The summed E-state index contributed by atoms with van der Waals surface area (Å²) in [4.78, 5) is 17.4. The predicted octanol–water partition coefficient (Wildman–Crippen LogP) is 7.21. The summed E-state index contributed by atoms with van der Waals surface area (Å²) in [5, 5.41) is 5.90. The van der Waals surface area contributed by atoms with Gasteiger partial charge in [-0.05, 0) is 53.2 Å². The lowest BCUT2D eigenvalue weighted by Crippen LogP contribution is -2.12. The Morgan fingerprint density at radius 1 is 0.900 bits per heavy atom. The molecule has 0 bridgehead atoms. The molecule has 1 amide bonds. The maximum Gasteiger partial charge on any atom is 0.256 e. The van der Waals surface area contributed by atoms with Gasteiger partial charge in [0.2, 0.25) is 5.89 Å². The lowest BCUT2D eigenvalue weighted by Gasteiger charge is -2.08. The number of carbonyl (C=O) groups excluding carboxylic acids is 1. The van der Waals surface area contributed by atoms with Gasteiger partial charge in [0.1, 0.15) is 5.52 Å². The highest BCUT2D eigenvalue weighted by molar-refractivity contribution is 6.35. The monoisotopic (exact) mass is 432 g/mol. The summed E-state index contributed by atoms with van der Waals surface area (Å²) in [7, 11) is 0. The molecular weight excluding hydrogens is 419 g/mol. The van der Waals surface area contributed by atoms with Crippen molar-refractivity contribution in [1.29, 1.82) is 0 Å². The van der Waals surface area contributed by atoms with Gasteiger partial charge in [-0.15, -0.1) is 0 Å². The quantitative estimate of drug-likeness (QED) is 0.327. The van der Waals surface area contributed by atoms with Crippen LogP contribution >= 0.6 is 23.2 Å². The van der Waals surface area contributed by atoms with E-state index in [0.717, 1.165) is 10.8 Å². The number of fused-ring (bicyclic) bond motifs is 2. The van der Waals surface area contributed by atoms with E-state index in [1.165, 1.54) is 0 Å². The first kappa shape index (κ1) is 18.7. The molecule has 0 unspecified atom stereocenters. The minimum Gasteiger partial charge on any atom is -0.436 e. The van der Waals surface area contributed by atoms with Gasteiger partial charge in [-0.25, -0.2) is 4.98 Å². The Labute approximate surface area is 182 Å². The van der Waals surface area contributed by atoms with Gasteiger partial charge in [0.25, 0.3) is 5.91 Å². The fourth-order valence-electron chi connectivity index (χ4n) is 3.40. The summed E-state index contributed by atoms with van der Waals surface area (Å²) in [6.07, 6.45) is 0. The van der Waals surface area contributed by atoms with Crippen LogP contribution in [0.5, 0.6) is 0 Å². The minimum absolute atomic E-state index is 0.187. The third-order valence-electron chi connectivity index (χ3n) is 4.84. The smallest absolute Gasteiger partial charge is 0.256 e. The second kappa shape index (κ2) is 7.48. The number of halogens is 2. The average Bonchev–Trinajstić information content (AvgIpc) is 3.18. The van der Waals surface area contributed by atoms with Gasteiger partial charge in [0.05, 0.1) is 10.6 Å². The van der Waals surface area contributed by atoms with Gasteiger partial charge in [-0.2, -0.15) is 0 Å². The molecule has 1 N–H and O–H groups in total. The van der Waals surface area contributed by atoms with Crippen LogP contribution in [0.15, 0.2) is 83.3 Å². The molecule has 0 fully saturated rings. The highest BCUT2D eigenvalue weighted by atomic mass is 35.5. The molecule has 0 saturated carbocycles. The molecule has 1 heterocycles. The van der Waals surface area contributed by atoms with Crippen LogP contribution in [0.3, 0.4) is 0 Å². The molecule has 0 aliphatic rings. The predicted molar refractivity (Wildman–Crippen MR) is 121 cm³/mol. The van der Waals surface area contributed by atoms with Crippen LogP contribution in [0.4, 0.5) is 5.69 Å². The van der Waals surface area contributed by atoms with Crippen LogP contribution in [0, 0.1) is 0 Å². The Morgan fingerprint density at radius 3 is 2.63 bits per heavy atom. The number of rotatable bonds is 3. The third kappa shape index (κ3) is 3.41. The second-order valence-corrected chi connectivity index (χ2v) is 7.65. The lowest BCUT2D eigenvalue weighted by molar-refractivity contribution is 0.102. The van der Waals surface area contributed by atoms with Crippen molar-refractivity contribution in [2.24, 2.45) is 0 Å². The van der Waals surface area contributed by atoms with E-state index in [0.29, 0.717) is 43.9 Å². The van der Waals surface area contributed by atoms with E-state index in [1.54, 1.807) is 36.4 Å². The van der Waals surface area contributed by atoms with Crippen LogP contribution in [-0.2, 0) is 0 Å². The Morgan fingerprint density at radius 2 is 1.73 bits per heavy atom. The van der Waals surface area contributed by atoms with E-state index < -0.39 is 0 Å². The SMILES string of the molecule is O=C(Nc1ccc2oc(-c3cc(Cl)ccc3Cl)nc2c1)c1cccc2ccccc12. The molecule has 30 heavy (non-hydrogen) atoms. The maximum absolute atomic E-state index is 12.9. The van der Waals surface area contributed by atoms with Crippen LogP contribution in [0.2, 0.25) is 10.0 Å². The van der Waals surface area contributed by atoms with Gasteiger partial charge < -0.3 is 9.73 Å². The number of carbonyl (C=O) groups is 1. The van der Waals surface area contributed by atoms with Gasteiger partial charge in [0, 0.05) is 16.3 Å². The van der Waals surface area contributed by atoms with Crippen molar-refractivity contribution in [3.05, 3.63) is 94.5 Å². The number of amides is 1. The number of nitrogens with one attached hydrogen (secondary N) is 1. The average molecular weight is 433 g/mol. The van der Waals surface area contributed by atoms with Crippen molar-refractivity contribution in [3.63, 3.8) is 0 Å². The summed E-state index contributed by atoms with van der Waals surface area (Å²) in [5.41, 5.74) is 3.04. The first-order valence-electron chi connectivity index (χ1n) is 9.23. The maximum atomic E-state index is 12.9. The Kier molecular flexibility index (Phi) is 4.66. The Hall–Kier alpha value is -3.34. The van der Waals surface area contributed by atoms with Crippen molar-refractivity contribution < 1.29 is 9.21 Å². The molecule has 0 radical (unpaired) electrons. The van der Waals surface area contributed by atoms with E-state index in [-0.39, 0.29) is 5.91 Å². The molecular formula is C24H14Cl2N2O2. The molecule has 4 aromatic carbocycles. The Balaban J connectivity index is 1.48. The van der Waals surface area contributed by atoms with Crippen molar-refractivity contribution >= 4 is 56.7 Å². The normalized spacial score (nSPS) is 11.1. The first-order chi connectivity index (χ1) is 14.6. The van der Waals surface area contributed by atoms with E-state index in [1.807, 2.05) is 42.5 Å². The number of hydrogen-bond acceptors (Lipinski definition) is 3. The first-order valence-corrected chi connectivity index (χ1v) is 9.99. The van der Waals surface area contributed by atoms with Gasteiger partial charge in [-0.3, -0.25) is 4.79 Å². The molecule has 0 atom stereocenters. The number of aromatic nitrogens is 1. The molecule has 5 aromatic rings. The number of nitrogens with zero attached hydrogens (tertiary/aromatic N) is 1. The van der Waals surface area contributed by atoms with Gasteiger partial charge in [-0.1, -0.05) is 59.6 Å². The fourth-order valence-corrected chi connectivity index (χ4v) is 3.77. The van der Waals surface area contributed by atoms with E-state index in [9.17, 15) is 4.79 Å². The highest BCUT2D eigenvalue weighted by Gasteiger charge is 2.14. The fraction of sp³-hybridized carbons (Fsp3) is 0. The standard InChI is InChI=1S/C24H14Cl2N2O2/c25-15-8-10-20(26)19(12-15)24-28-21-13-16(9-11-22(21)30-24)27-23(29)18-7-3-5-14-4-1-2-6-17(14)18/h1-13H,(H,27,29). The number of anilines is 1. The molecule has 0 saturated heterocycles. The topological polar surface area (TPSA) is 55.1 Å². The molecule has 5 rings (SSSR count). The molecule has 4 nitrogen and oxygen atoms in total. The summed E-state index contributed by atoms with van der Waals surface area (Å²) in [6, 6.07) is 23.9. The van der Waals surface area contributed by atoms with Crippen LogP contribution in [-0.4, -0.2) is 10.9 Å². The van der Waals surface area contributed by atoms with Crippen molar-refractivity contribution in [1.82, 2.24) is 4.98 Å². The summed E-state index contributed by atoms with van der Waals surface area (Å²) in [5.74, 6) is 0.183. The second-order valence-electron chi connectivity index (χ2n) is 6.81. The number of oxazole rings is 1. The zero-order chi connectivity index (χ0) is 20.7. The summed E-state index contributed by atoms with van der Waals surface area (Å²) < 4.78 is 5.83. The summed E-state index contributed by atoms with van der Waals surface area (Å²) in [6.45, 7) is 0. The molecule has 146 valence electrons. The molecule has 0 spiro atoms. The zero-order valence-corrected chi connectivity index (χ0v) is 17.0. The van der Waals surface area contributed by atoms with E-state index in [2.05, 4.69) is 10.3 Å². The lowest BCUT2D eigenvalue weighted by atomic mass is 10.0. The van der Waals surface area contributed by atoms with E-state index in [4.69, 9.17) is 27.6 Å². The largest absolute Gasteiger partial charge is 0.436 e. The third-order valence-corrected chi connectivity index (χ3v) is 5.40. The van der Waals surface area contributed by atoms with Crippen molar-refractivity contribution in [3.8, 4) is 11.5 Å². The number of hydrogen-bond donors (Lipinski definition) is 1. The Bertz CT molecular complexity index is 1420. The zero-order valence-electron chi connectivity index (χ0n) is 15.5. The summed E-state index contributed by atoms with van der Waals surface area (Å²) >= 11 is 12.3. The molecule has 0 aliphatic carbocycles. The van der Waals surface area contributed by atoms with E-state index >= 15 is 0 Å². The van der Waals surface area contributed by atoms with Gasteiger partial charge in [0.15, 0.2) is 5.58 Å². The van der Waals surface area contributed by atoms with Crippen LogP contribution < -0.4 is 5.32 Å². The molecule has 0 aliphatic heterocycles. The van der Waals surface area contributed by atoms with Crippen LogP contribution in [0.25, 0.3) is 33.3 Å². The number of benzene rings is 4. The van der Waals surface area contributed by atoms with Crippen molar-refractivity contribution in [2.45, 2.75) is 0 Å². The van der Waals surface area contributed by atoms with Gasteiger partial charge >= 0.3 is 0 Å². The highest BCUT2D eigenvalue weighted by Crippen LogP contribution is 2.33. The van der Waals surface area contributed by atoms with Crippen LogP contribution in [0.1, 0.15) is 10.4 Å². The minimum atomic E-state index is -0.187. The van der Waals surface area contributed by atoms with Crippen molar-refractivity contribution in [2.75, 3.05) is 5.32 Å². The molecule has 6 heteroatoms. The molecule has 1 aromatic heterocycles.